The van der Waals surface area contributed by atoms with Gasteiger partial charge < -0.3 is 15.4 Å². The first-order valence-electron chi connectivity index (χ1n) is 6.79. The number of carbonyl (C=O) groups is 2. The summed E-state index contributed by atoms with van der Waals surface area (Å²) >= 11 is 0. The van der Waals surface area contributed by atoms with Crippen molar-refractivity contribution >= 4 is 17.5 Å². The maximum Gasteiger partial charge on any atom is 0.247 e. The molecule has 2 rings (SSSR count). The third kappa shape index (κ3) is 3.10. The number of benzene rings is 1. The molecule has 1 saturated heterocycles. The molecule has 0 aliphatic carbocycles. The van der Waals surface area contributed by atoms with E-state index >= 15 is 0 Å². The molecule has 1 aliphatic rings. The molecule has 0 aromatic heterocycles. The maximum atomic E-state index is 12.1. The largest absolute Gasteiger partial charge is 0.495 e. The number of amides is 2. The molecule has 0 radical (unpaired) electrons. The summed E-state index contributed by atoms with van der Waals surface area (Å²) in [7, 11) is 1.57. The number of hydrogen-bond acceptors (Lipinski definition) is 3. The average molecular weight is 276 g/mol. The van der Waals surface area contributed by atoms with E-state index in [1.54, 1.807) is 7.11 Å². The number of rotatable bonds is 4. The maximum absolute atomic E-state index is 12.1. The fourth-order valence-corrected chi connectivity index (χ4v) is 2.21. The van der Waals surface area contributed by atoms with Gasteiger partial charge in [0.15, 0.2) is 0 Å². The van der Waals surface area contributed by atoms with E-state index in [2.05, 4.69) is 24.5 Å². The van der Waals surface area contributed by atoms with Crippen LogP contribution in [0, 0.1) is 0 Å². The minimum atomic E-state index is -0.449. The van der Waals surface area contributed by atoms with Crippen molar-refractivity contribution in [1.29, 1.82) is 0 Å². The Hall–Kier alpha value is -2.04. The van der Waals surface area contributed by atoms with Crippen LogP contribution in [0.1, 0.15) is 38.2 Å². The normalized spacial score (nSPS) is 18.0. The molecule has 1 aromatic rings. The summed E-state index contributed by atoms with van der Waals surface area (Å²) in [4.78, 5) is 23.3. The minimum Gasteiger partial charge on any atom is -0.495 e. The highest BCUT2D eigenvalue weighted by atomic mass is 16.5. The number of nitrogens with one attached hydrogen (secondary N) is 2. The quantitative estimate of drug-likeness (QED) is 0.884. The second-order valence-electron chi connectivity index (χ2n) is 5.26. The molecular formula is C15H20N2O3. The van der Waals surface area contributed by atoms with Crippen molar-refractivity contribution in [2.45, 2.75) is 38.6 Å². The molecule has 1 aromatic carbocycles. The van der Waals surface area contributed by atoms with Crippen LogP contribution in [0.2, 0.25) is 0 Å². The van der Waals surface area contributed by atoms with Crippen molar-refractivity contribution in [2.24, 2.45) is 0 Å². The van der Waals surface area contributed by atoms with Gasteiger partial charge in [-0.2, -0.15) is 0 Å². The Balaban J connectivity index is 2.16. The molecule has 2 N–H and O–H groups in total. The van der Waals surface area contributed by atoms with Crippen molar-refractivity contribution in [2.75, 3.05) is 12.4 Å². The highest BCUT2D eigenvalue weighted by Gasteiger charge is 2.27. The van der Waals surface area contributed by atoms with Gasteiger partial charge in [-0.05, 0) is 30.0 Å². The van der Waals surface area contributed by atoms with Gasteiger partial charge in [-0.1, -0.05) is 19.9 Å². The van der Waals surface area contributed by atoms with Gasteiger partial charge >= 0.3 is 0 Å². The van der Waals surface area contributed by atoms with E-state index in [1.807, 2.05) is 18.2 Å². The van der Waals surface area contributed by atoms with Crippen LogP contribution in [-0.2, 0) is 9.59 Å². The van der Waals surface area contributed by atoms with Crippen molar-refractivity contribution < 1.29 is 14.3 Å². The molecular weight excluding hydrogens is 256 g/mol. The van der Waals surface area contributed by atoms with Crippen molar-refractivity contribution in [1.82, 2.24) is 5.32 Å². The zero-order valence-corrected chi connectivity index (χ0v) is 12.0. The zero-order valence-electron chi connectivity index (χ0n) is 12.0. The Kier molecular flexibility index (Phi) is 4.27. The standard InChI is InChI=1S/C15H20N2O3/c1-9(2)10-4-6-13(20-3)12(8-10)17-15(19)11-5-7-14(18)16-11/h4,6,8-9,11H,5,7H2,1-3H3,(H,16,18)(H,17,19). The van der Waals surface area contributed by atoms with E-state index in [0.717, 1.165) is 5.56 Å². The molecule has 5 heteroatoms. The van der Waals surface area contributed by atoms with Crippen molar-refractivity contribution in [3.8, 4) is 5.75 Å². The molecule has 0 spiro atoms. The predicted octanol–water partition coefficient (Wildman–Crippen LogP) is 2.04. The lowest BCUT2D eigenvalue weighted by molar-refractivity contribution is -0.122. The molecule has 5 nitrogen and oxygen atoms in total. The lowest BCUT2D eigenvalue weighted by Gasteiger charge is -2.16. The predicted molar refractivity (Wildman–Crippen MR) is 76.9 cm³/mol. The Morgan fingerprint density at radius 3 is 2.75 bits per heavy atom. The highest BCUT2D eigenvalue weighted by Crippen LogP contribution is 2.29. The molecule has 0 bridgehead atoms. The van der Waals surface area contributed by atoms with Gasteiger partial charge in [-0.25, -0.2) is 0 Å². The number of carbonyl (C=O) groups excluding carboxylic acids is 2. The van der Waals surface area contributed by atoms with Crippen LogP contribution in [0.5, 0.6) is 5.75 Å². The number of hydrogen-bond donors (Lipinski definition) is 2. The molecule has 108 valence electrons. The van der Waals surface area contributed by atoms with Crippen LogP contribution >= 0.6 is 0 Å². The van der Waals surface area contributed by atoms with Crippen LogP contribution in [0.15, 0.2) is 18.2 Å². The first-order valence-corrected chi connectivity index (χ1v) is 6.79. The molecule has 0 saturated carbocycles. The number of methoxy groups -OCH3 is 1. The minimum absolute atomic E-state index is 0.0759. The summed E-state index contributed by atoms with van der Waals surface area (Å²) in [6, 6.07) is 5.29. The molecule has 1 fully saturated rings. The summed E-state index contributed by atoms with van der Waals surface area (Å²) in [6.07, 6.45) is 0.943. The van der Waals surface area contributed by atoms with Crippen molar-refractivity contribution in [3.63, 3.8) is 0 Å². The lowest BCUT2D eigenvalue weighted by Crippen LogP contribution is -2.37. The molecule has 1 atom stereocenters. The van der Waals surface area contributed by atoms with E-state index in [0.29, 0.717) is 30.2 Å². The van der Waals surface area contributed by atoms with E-state index in [9.17, 15) is 9.59 Å². The van der Waals surface area contributed by atoms with E-state index in [1.165, 1.54) is 0 Å². The lowest BCUT2D eigenvalue weighted by atomic mass is 10.0. The molecule has 1 unspecified atom stereocenters. The first-order chi connectivity index (χ1) is 9.51. The highest BCUT2D eigenvalue weighted by molar-refractivity contribution is 5.99. The number of ether oxygens (including phenoxy) is 1. The third-order valence-corrected chi connectivity index (χ3v) is 3.46. The molecule has 2 amide bonds. The third-order valence-electron chi connectivity index (χ3n) is 3.46. The smallest absolute Gasteiger partial charge is 0.247 e. The van der Waals surface area contributed by atoms with Gasteiger partial charge in [-0.15, -0.1) is 0 Å². The van der Waals surface area contributed by atoms with Crippen LogP contribution in [0.4, 0.5) is 5.69 Å². The van der Waals surface area contributed by atoms with Gasteiger partial charge in [-0.3, -0.25) is 9.59 Å². The van der Waals surface area contributed by atoms with Gasteiger partial charge in [0.25, 0.3) is 0 Å². The Morgan fingerprint density at radius 1 is 1.45 bits per heavy atom. The van der Waals surface area contributed by atoms with Crippen LogP contribution < -0.4 is 15.4 Å². The second-order valence-corrected chi connectivity index (χ2v) is 5.26. The molecule has 20 heavy (non-hydrogen) atoms. The Morgan fingerprint density at radius 2 is 2.20 bits per heavy atom. The van der Waals surface area contributed by atoms with E-state index < -0.39 is 6.04 Å². The summed E-state index contributed by atoms with van der Waals surface area (Å²) in [6.45, 7) is 4.18. The fraction of sp³-hybridized carbons (Fsp3) is 0.467. The van der Waals surface area contributed by atoms with Crippen LogP contribution in [-0.4, -0.2) is 25.0 Å². The first kappa shape index (κ1) is 14.4. The average Bonchev–Trinajstić information content (AvgIpc) is 2.85. The Bertz CT molecular complexity index is 526. The van der Waals surface area contributed by atoms with Gasteiger partial charge in [0.2, 0.25) is 11.8 Å². The SMILES string of the molecule is COc1ccc(C(C)C)cc1NC(=O)C1CCC(=O)N1. The topological polar surface area (TPSA) is 67.4 Å². The summed E-state index contributed by atoms with van der Waals surface area (Å²) in [5.41, 5.74) is 1.77. The van der Waals surface area contributed by atoms with Crippen LogP contribution in [0.3, 0.4) is 0 Å². The summed E-state index contributed by atoms with van der Waals surface area (Å²) in [5.74, 6) is 0.706. The molecule has 1 aliphatic heterocycles. The monoisotopic (exact) mass is 276 g/mol. The molecule has 1 heterocycles. The number of anilines is 1. The second kappa shape index (κ2) is 5.94. The van der Waals surface area contributed by atoms with Crippen LogP contribution in [0.25, 0.3) is 0 Å². The van der Waals surface area contributed by atoms with Gasteiger partial charge in [0.1, 0.15) is 11.8 Å². The van der Waals surface area contributed by atoms with Gasteiger partial charge in [0.05, 0.1) is 12.8 Å². The van der Waals surface area contributed by atoms with E-state index in [4.69, 9.17) is 4.74 Å². The van der Waals surface area contributed by atoms with E-state index in [-0.39, 0.29) is 11.8 Å². The Labute approximate surface area is 118 Å². The zero-order chi connectivity index (χ0) is 14.7. The van der Waals surface area contributed by atoms with Gasteiger partial charge in [0, 0.05) is 6.42 Å². The fourth-order valence-electron chi connectivity index (χ4n) is 2.21. The summed E-state index contributed by atoms with van der Waals surface area (Å²) < 4.78 is 5.26. The van der Waals surface area contributed by atoms with Crippen molar-refractivity contribution in [3.05, 3.63) is 23.8 Å². The summed E-state index contributed by atoms with van der Waals surface area (Å²) in [5, 5.41) is 5.50.